The van der Waals surface area contributed by atoms with Crippen molar-refractivity contribution in [3.8, 4) is 17.0 Å². The molecule has 6 rings (SSSR count). The van der Waals surface area contributed by atoms with Crippen LogP contribution >= 0.6 is 11.3 Å². The largest absolute Gasteiger partial charge is 0.494 e. The van der Waals surface area contributed by atoms with Crippen LogP contribution in [-0.2, 0) is 13.0 Å². The molecular weight excluding hydrogens is 470 g/mol. The number of hydrogen-bond acceptors (Lipinski definition) is 8. The summed E-state index contributed by atoms with van der Waals surface area (Å²) in [6.45, 7) is 0.564. The minimum atomic E-state index is -0.483. The van der Waals surface area contributed by atoms with Crippen molar-refractivity contribution in [1.82, 2.24) is 15.0 Å². The molecule has 36 heavy (non-hydrogen) atoms. The summed E-state index contributed by atoms with van der Waals surface area (Å²) in [5.74, 6) is 1.42. The average Bonchev–Trinajstić information content (AvgIpc) is 3.47. The fourth-order valence-electron chi connectivity index (χ4n) is 4.65. The SMILES string of the molecule is COc1cc(CNc2cncc(-c3ccccc3)n2)cc2sc(NC3c4ccccc4C[C@@H]3O)nc12. The van der Waals surface area contributed by atoms with E-state index in [0.29, 0.717) is 24.5 Å². The highest BCUT2D eigenvalue weighted by Gasteiger charge is 2.31. The Kier molecular flexibility index (Phi) is 5.96. The fourth-order valence-corrected chi connectivity index (χ4v) is 5.63. The van der Waals surface area contributed by atoms with E-state index in [1.54, 1.807) is 30.8 Å². The zero-order valence-electron chi connectivity index (χ0n) is 19.7. The van der Waals surface area contributed by atoms with Crippen molar-refractivity contribution in [2.45, 2.75) is 25.1 Å². The van der Waals surface area contributed by atoms with E-state index in [1.807, 2.05) is 48.5 Å². The molecule has 0 saturated heterocycles. The summed E-state index contributed by atoms with van der Waals surface area (Å²) in [5, 5.41) is 18.2. The maximum Gasteiger partial charge on any atom is 0.184 e. The maximum atomic E-state index is 10.6. The highest BCUT2D eigenvalue weighted by Crippen LogP contribution is 2.38. The van der Waals surface area contributed by atoms with Gasteiger partial charge in [0.25, 0.3) is 0 Å². The Morgan fingerprint density at radius 2 is 1.86 bits per heavy atom. The van der Waals surface area contributed by atoms with Crippen molar-refractivity contribution in [3.63, 3.8) is 0 Å². The topological polar surface area (TPSA) is 92.2 Å². The summed E-state index contributed by atoms with van der Waals surface area (Å²) in [7, 11) is 1.66. The van der Waals surface area contributed by atoms with Gasteiger partial charge in [0.05, 0.1) is 42.0 Å². The molecule has 3 N–H and O–H groups in total. The molecule has 1 aliphatic carbocycles. The van der Waals surface area contributed by atoms with Gasteiger partial charge in [0.2, 0.25) is 0 Å². The molecule has 1 unspecified atom stereocenters. The fraction of sp³-hybridized carbons (Fsp3) is 0.179. The molecule has 180 valence electrons. The molecule has 2 aromatic heterocycles. The van der Waals surface area contributed by atoms with Crippen molar-refractivity contribution < 1.29 is 9.84 Å². The molecule has 7 nitrogen and oxygen atoms in total. The third kappa shape index (κ3) is 4.36. The van der Waals surface area contributed by atoms with Gasteiger partial charge in [-0.05, 0) is 28.8 Å². The Hall–Kier alpha value is -4.01. The number of nitrogens with one attached hydrogen (secondary N) is 2. The predicted molar refractivity (Wildman–Crippen MR) is 143 cm³/mol. The van der Waals surface area contributed by atoms with Crippen molar-refractivity contribution in [3.05, 3.63) is 95.8 Å². The summed E-state index contributed by atoms with van der Waals surface area (Å²) >= 11 is 1.56. The van der Waals surface area contributed by atoms with Crippen molar-refractivity contribution in [1.29, 1.82) is 0 Å². The first-order valence-corrected chi connectivity index (χ1v) is 12.6. The lowest BCUT2D eigenvalue weighted by molar-refractivity contribution is 0.166. The average molecular weight is 496 g/mol. The zero-order valence-corrected chi connectivity index (χ0v) is 20.5. The molecule has 0 bridgehead atoms. The number of nitrogens with zero attached hydrogens (tertiary/aromatic N) is 3. The van der Waals surface area contributed by atoms with Crippen LogP contribution in [0.4, 0.5) is 10.9 Å². The second kappa shape index (κ2) is 9.56. The highest BCUT2D eigenvalue weighted by molar-refractivity contribution is 7.22. The lowest BCUT2D eigenvalue weighted by Crippen LogP contribution is -2.20. The first-order chi connectivity index (χ1) is 17.7. The molecule has 2 heterocycles. The number of hydrogen-bond donors (Lipinski definition) is 3. The number of fused-ring (bicyclic) bond motifs is 2. The van der Waals surface area contributed by atoms with Gasteiger partial charge >= 0.3 is 0 Å². The van der Waals surface area contributed by atoms with Gasteiger partial charge < -0.3 is 20.5 Å². The van der Waals surface area contributed by atoms with Crippen LogP contribution in [0.5, 0.6) is 5.75 Å². The van der Waals surface area contributed by atoms with Gasteiger partial charge in [0, 0.05) is 18.5 Å². The standard InChI is InChI=1S/C28H25N5O2S/c1-35-23-11-17(14-30-25-16-29-15-21(31-25)18-7-3-2-4-8-18)12-24-27(23)33-28(36-24)32-26-20-10-6-5-9-19(20)13-22(26)34/h2-12,15-16,22,26,34H,13-14H2,1H3,(H,30,31)(H,32,33)/t22-,26?/m0/s1. The lowest BCUT2D eigenvalue weighted by atomic mass is 10.1. The van der Waals surface area contributed by atoms with E-state index >= 15 is 0 Å². The number of thiazole rings is 1. The van der Waals surface area contributed by atoms with Gasteiger partial charge in [-0.25, -0.2) is 9.97 Å². The Morgan fingerprint density at radius 3 is 2.72 bits per heavy atom. The number of anilines is 2. The van der Waals surface area contributed by atoms with Crippen LogP contribution in [0, 0.1) is 0 Å². The van der Waals surface area contributed by atoms with E-state index < -0.39 is 6.10 Å². The number of aromatic nitrogens is 3. The Balaban J connectivity index is 1.22. The number of methoxy groups -OCH3 is 1. The quantitative estimate of drug-likeness (QED) is 0.277. The number of rotatable bonds is 7. The molecule has 0 aliphatic heterocycles. The number of ether oxygens (including phenoxy) is 1. The molecule has 0 fully saturated rings. The Bertz CT molecular complexity index is 1520. The van der Waals surface area contributed by atoms with Crippen molar-refractivity contribution in [2.24, 2.45) is 0 Å². The normalized spacial score (nSPS) is 16.6. The molecule has 0 radical (unpaired) electrons. The van der Waals surface area contributed by atoms with Crippen LogP contribution in [0.25, 0.3) is 21.5 Å². The van der Waals surface area contributed by atoms with Gasteiger partial charge in [0.15, 0.2) is 5.13 Å². The zero-order chi connectivity index (χ0) is 24.5. The molecule has 0 amide bonds. The summed E-state index contributed by atoms with van der Waals surface area (Å²) in [6.07, 6.45) is 3.65. The van der Waals surface area contributed by atoms with E-state index in [0.717, 1.165) is 37.7 Å². The second-order valence-electron chi connectivity index (χ2n) is 8.77. The second-order valence-corrected chi connectivity index (χ2v) is 9.80. The maximum absolute atomic E-state index is 10.6. The smallest absolute Gasteiger partial charge is 0.184 e. The Labute approximate surface area is 212 Å². The molecular formula is C28H25N5O2S. The number of benzene rings is 3. The first-order valence-electron chi connectivity index (χ1n) is 11.8. The van der Waals surface area contributed by atoms with Crippen molar-refractivity contribution in [2.75, 3.05) is 17.7 Å². The van der Waals surface area contributed by atoms with E-state index in [-0.39, 0.29) is 6.04 Å². The van der Waals surface area contributed by atoms with E-state index in [4.69, 9.17) is 14.7 Å². The molecule has 2 atom stereocenters. The molecule has 8 heteroatoms. The molecule has 5 aromatic rings. The van der Waals surface area contributed by atoms with Crippen LogP contribution in [0.1, 0.15) is 22.7 Å². The van der Waals surface area contributed by atoms with Crippen LogP contribution < -0.4 is 15.4 Å². The molecule has 0 saturated carbocycles. The van der Waals surface area contributed by atoms with Crippen LogP contribution in [0.3, 0.4) is 0 Å². The third-order valence-corrected chi connectivity index (χ3v) is 7.33. The molecule has 0 spiro atoms. The summed E-state index contributed by atoms with van der Waals surface area (Å²) in [6, 6.07) is 22.1. The van der Waals surface area contributed by atoms with E-state index in [9.17, 15) is 5.11 Å². The number of aliphatic hydroxyl groups excluding tert-OH is 1. The Morgan fingerprint density at radius 1 is 1.03 bits per heavy atom. The summed E-state index contributed by atoms with van der Waals surface area (Å²) in [4.78, 5) is 13.8. The van der Waals surface area contributed by atoms with Crippen LogP contribution in [0.2, 0.25) is 0 Å². The van der Waals surface area contributed by atoms with E-state index in [1.165, 1.54) is 5.56 Å². The molecule has 1 aliphatic rings. The third-order valence-electron chi connectivity index (χ3n) is 6.40. The van der Waals surface area contributed by atoms with E-state index in [2.05, 4.69) is 33.8 Å². The van der Waals surface area contributed by atoms with Crippen LogP contribution in [0.15, 0.2) is 79.1 Å². The predicted octanol–water partition coefficient (Wildman–Crippen LogP) is 5.44. The minimum absolute atomic E-state index is 0.177. The monoisotopic (exact) mass is 495 g/mol. The minimum Gasteiger partial charge on any atom is -0.494 e. The van der Waals surface area contributed by atoms with Crippen molar-refractivity contribution >= 4 is 32.5 Å². The van der Waals surface area contributed by atoms with Gasteiger partial charge in [0.1, 0.15) is 17.1 Å². The van der Waals surface area contributed by atoms with Gasteiger partial charge in [-0.1, -0.05) is 65.9 Å². The van der Waals surface area contributed by atoms with Gasteiger partial charge in [-0.15, -0.1) is 0 Å². The number of aliphatic hydroxyl groups is 1. The lowest BCUT2D eigenvalue weighted by Gasteiger charge is -2.16. The summed E-state index contributed by atoms with van der Waals surface area (Å²) in [5.41, 5.74) is 6.00. The summed E-state index contributed by atoms with van der Waals surface area (Å²) < 4.78 is 6.68. The van der Waals surface area contributed by atoms with Gasteiger partial charge in [-0.3, -0.25) is 4.98 Å². The highest BCUT2D eigenvalue weighted by atomic mass is 32.1. The van der Waals surface area contributed by atoms with Gasteiger partial charge in [-0.2, -0.15) is 0 Å². The first kappa shape index (κ1) is 22.5. The van der Waals surface area contributed by atoms with Crippen LogP contribution in [-0.4, -0.2) is 33.3 Å². The molecule has 3 aromatic carbocycles.